The summed E-state index contributed by atoms with van der Waals surface area (Å²) >= 11 is 5.16. The van der Waals surface area contributed by atoms with Crippen molar-refractivity contribution in [1.29, 1.82) is 0 Å². The van der Waals surface area contributed by atoms with Crippen molar-refractivity contribution in [1.82, 2.24) is 9.96 Å². The topological polar surface area (TPSA) is 53.0 Å². The Hall–Kier alpha value is 0.360. The van der Waals surface area contributed by atoms with Gasteiger partial charge in [-0.05, 0) is 13.5 Å². The molecule has 0 spiro atoms. The summed E-state index contributed by atoms with van der Waals surface area (Å²) in [5.74, 6) is 0. The Morgan fingerprint density at radius 2 is 2.29 bits per heavy atom. The highest BCUT2D eigenvalue weighted by atomic mass is 35.7. The molecule has 0 saturated carbocycles. The van der Waals surface area contributed by atoms with Crippen molar-refractivity contribution in [3.8, 4) is 0 Å². The molecule has 1 aliphatic rings. The summed E-state index contributed by atoms with van der Waals surface area (Å²) in [4.78, 5) is 11.0. The maximum Gasteiger partial charge on any atom is 0.438 e. The van der Waals surface area contributed by atoms with E-state index >= 15 is 0 Å². The summed E-state index contributed by atoms with van der Waals surface area (Å²) in [6, 6.07) is 0.132. The van der Waals surface area contributed by atoms with Crippen LogP contribution in [-0.4, -0.2) is 47.6 Å². The highest BCUT2D eigenvalue weighted by Gasteiger charge is 2.30. The number of rotatable bonds is 3. The number of nitrogens with zero attached hydrogens (tertiary/aromatic N) is 2. The van der Waals surface area contributed by atoms with Crippen LogP contribution in [0.4, 0.5) is 0 Å². The van der Waals surface area contributed by atoms with Gasteiger partial charge in [0.2, 0.25) is 0 Å². The van der Waals surface area contributed by atoms with E-state index in [0.717, 1.165) is 19.5 Å². The molecule has 0 amide bonds. The van der Waals surface area contributed by atoms with Crippen molar-refractivity contribution < 1.29 is 14.1 Å². The van der Waals surface area contributed by atoms with E-state index in [0.29, 0.717) is 6.54 Å². The lowest BCUT2D eigenvalue weighted by molar-refractivity contribution is -0.128. The molecular weight excluding hydrogens is 227 g/mol. The number of hydroxylamine groups is 2. The lowest BCUT2D eigenvalue weighted by atomic mass is 10.1. The van der Waals surface area contributed by atoms with Crippen molar-refractivity contribution in [2.75, 3.05) is 26.7 Å². The summed E-state index contributed by atoms with van der Waals surface area (Å²) < 4.78 is 15.7. The molecule has 0 bridgehead atoms. The quantitative estimate of drug-likeness (QED) is 0.756. The average molecular weight is 243 g/mol. The molecule has 2 unspecified atom stereocenters. The van der Waals surface area contributed by atoms with Crippen LogP contribution in [0.1, 0.15) is 13.3 Å². The van der Waals surface area contributed by atoms with Gasteiger partial charge in [-0.25, -0.2) is 9.19 Å². The Kier molecular flexibility index (Phi) is 4.37. The minimum absolute atomic E-state index is 0.132. The molecule has 84 valence electrons. The van der Waals surface area contributed by atoms with Gasteiger partial charge in [-0.15, -0.1) is 0 Å². The third-order valence-corrected chi connectivity index (χ3v) is 2.90. The SMILES string of the molecule is CCC1CN(C)CCN1OP(=O)(O)Cl. The highest BCUT2D eigenvalue weighted by molar-refractivity contribution is 7.80. The van der Waals surface area contributed by atoms with Crippen LogP contribution in [0.15, 0.2) is 0 Å². The van der Waals surface area contributed by atoms with Crippen LogP contribution in [0.2, 0.25) is 0 Å². The third kappa shape index (κ3) is 3.85. The van der Waals surface area contributed by atoms with Crippen LogP contribution >= 0.6 is 18.2 Å². The second kappa shape index (κ2) is 4.92. The Morgan fingerprint density at radius 3 is 2.79 bits per heavy atom. The molecule has 0 radical (unpaired) electrons. The highest BCUT2D eigenvalue weighted by Crippen LogP contribution is 2.49. The second-order valence-corrected chi connectivity index (χ2v) is 5.85. The largest absolute Gasteiger partial charge is 0.438 e. The van der Waals surface area contributed by atoms with Gasteiger partial charge in [0.15, 0.2) is 0 Å². The summed E-state index contributed by atoms with van der Waals surface area (Å²) in [5, 5.41) is 1.52. The van der Waals surface area contributed by atoms with E-state index in [1.54, 1.807) is 0 Å². The molecular formula is C7H16ClN2O3P. The molecule has 14 heavy (non-hydrogen) atoms. The lowest BCUT2D eigenvalue weighted by Gasteiger charge is -2.38. The molecule has 1 fully saturated rings. The fraction of sp³-hybridized carbons (Fsp3) is 1.00. The van der Waals surface area contributed by atoms with Crippen molar-refractivity contribution in [2.45, 2.75) is 19.4 Å². The Bertz CT molecular complexity index is 235. The number of hydrogen-bond donors (Lipinski definition) is 1. The van der Waals surface area contributed by atoms with E-state index in [2.05, 4.69) is 4.90 Å². The van der Waals surface area contributed by atoms with Gasteiger partial charge in [-0.1, -0.05) is 6.92 Å². The zero-order valence-electron chi connectivity index (χ0n) is 8.39. The van der Waals surface area contributed by atoms with Gasteiger partial charge in [0.25, 0.3) is 0 Å². The zero-order valence-corrected chi connectivity index (χ0v) is 10.0. The molecule has 7 heteroatoms. The molecule has 0 aromatic rings. The number of likely N-dealkylation sites (N-methyl/N-ethyl adjacent to an activating group) is 1. The lowest BCUT2D eigenvalue weighted by Crippen LogP contribution is -2.50. The van der Waals surface area contributed by atoms with Gasteiger partial charge in [0.05, 0.1) is 0 Å². The molecule has 1 saturated heterocycles. The van der Waals surface area contributed by atoms with Gasteiger partial charge in [0, 0.05) is 36.9 Å². The molecule has 5 nitrogen and oxygen atoms in total. The first-order valence-corrected chi connectivity index (χ1v) is 7.08. The molecule has 0 aromatic heterocycles. The van der Waals surface area contributed by atoms with Gasteiger partial charge < -0.3 is 9.79 Å². The smallest absolute Gasteiger partial charge is 0.312 e. The molecule has 1 aliphatic heterocycles. The fourth-order valence-corrected chi connectivity index (χ4v) is 2.28. The van der Waals surface area contributed by atoms with Crippen LogP contribution in [0, 0.1) is 0 Å². The van der Waals surface area contributed by atoms with Gasteiger partial charge in [0.1, 0.15) is 0 Å². The third-order valence-electron chi connectivity index (χ3n) is 2.31. The standard InChI is InChI=1S/C7H16ClN2O3P/c1-3-7-6-9(2)4-5-10(7)13-14(8,11)12/h7H,3-6H2,1-2H3,(H,11,12). The maximum absolute atomic E-state index is 10.9. The Labute approximate surface area is 88.9 Å². The summed E-state index contributed by atoms with van der Waals surface area (Å²) in [6.07, 6.45) is 0.862. The van der Waals surface area contributed by atoms with E-state index in [-0.39, 0.29) is 6.04 Å². The molecule has 0 aliphatic carbocycles. The minimum atomic E-state index is -3.92. The van der Waals surface area contributed by atoms with Crippen molar-refractivity contribution in [3.63, 3.8) is 0 Å². The van der Waals surface area contributed by atoms with E-state index in [9.17, 15) is 4.57 Å². The van der Waals surface area contributed by atoms with Gasteiger partial charge in [-0.3, -0.25) is 0 Å². The Morgan fingerprint density at radius 1 is 1.64 bits per heavy atom. The van der Waals surface area contributed by atoms with E-state index < -0.39 is 6.95 Å². The molecule has 2 atom stereocenters. The van der Waals surface area contributed by atoms with Gasteiger partial charge >= 0.3 is 6.95 Å². The first-order chi connectivity index (χ1) is 6.42. The maximum atomic E-state index is 10.9. The van der Waals surface area contributed by atoms with Crippen molar-refractivity contribution in [3.05, 3.63) is 0 Å². The number of hydrogen-bond acceptors (Lipinski definition) is 4. The minimum Gasteiger partial charge on any atom is -0.312 e. The van der Waals surface area contributed by atoms with Crippen LogP contribution in [0.3, 0.4) is 0 Å². The zero-order chi connectivity index (χ0) is 10.8. The fourth-order valence-electron chi connectivity index (χ4n) is 1.56. The molecule has 1 rings (SSSR count). The summed E-state index contributed by atoms with van der Waals surface area (Å²) in [6.45, 7) is 0.329. The average Bonchev–Trinajstić information content (AvgIpc) is 2.06. The summed E-state index contributed by atoms with van der Waals surface area (Å²) in [5.41, 5.74) is 0. The molecule has 0 aromatic carbocycles. The normalized spacial score (nSPS) is 30.1. The number of piperazine rings is 1. The Balaban J connectivity index is 2.55. The van der Waals surface area contributed by atoms with E-state index in [1.165, 1.54) is 5.06 Å². The predicted molar refractivity (Wildman–Crippen MR) is 55.0 cm³/mol. The van der Waals surface area contributed by atoms with Crippen molar-refractivity contribution >= 4 is 18.2 Å². The van der Waals surface area contributed by atoms with Crippen LogP contribution in [0.25, 0.3) is 0 Å². The van der Waals surface area contributed by atoms with Crippen LogP contribution in [-0.2, 0) is 9.19 Å². The van der Waals surface area contributed by atoms with E-state index in [4.69, 9.17) is 20.8 Å². The molecule has 1 heterocycles. The predicted octanol–water partition coefficient (Wildman–Crippen LogP) is 1.28. The van der Waals surface area contributed by atoms with Crippen LogP contribution in [0.5, 0.6) is 0 Å². The first-order valence-electron chi connectivity index (χ1n) is 4.59. The van der Waals surface area contributed by atoms with Gasteiger partial charge in [-0.2, -0.15) is 5.06 Å². The summed E-state index contributed by atoms with van der Waals surface area (Å²) in [7, 11) is 2.01. The second-order valence-electron chi connectivity index (χ2n) is 3.50. The monoisotopic (exact) mass is 242 g/mol. The number of halogens is 1. The molecule has 1 N–H and O–H groups in total. The van der Waals surface area contributed by atoms with Crippen molar-refractivity contribution in [2.24, 2.45) is 0 Å². The van der Waals surface area contributed by atoms with E-state index in [1.807, 2.05) is 14.0 Å². The van der Waals surface area contributed by atoms with Crippen LogP contribution < -0.4 is 0 Å². The first kappa shape index (κ1) is 12.4.